The van der Waals surface area contributed by atoms with E-state index in [4.69, 9.17) is 9.47 Å². The SMILES string of the molecule is COc1ccc(COC(=O)C2=C(CCSc3cnccn3)CS[C@@H]3[C@H](NC(=O)Cc4ccccc4)C(=O)N23)cc1. The monoisotopic (exact) mass is 576 g/mol. The first-order valence-electron chi connectivity index (χ1n) is 12.7. The van der Waals surface area contributed by atoms with E-state index in [2.05, 4.69) is 15.3 Å². The zero-order valence-electron chi connectivity index (χ0n) is 21.8. The lowest BCUT2D eigenvalue weighted by molar-refractivity contribution is -0.153. The zero-order chi connectivity index (χ0) is 27.9. The summed E-state index contributed by atoms with van der Waals surface area (Å²) in [6.07, 6.45) is 5.69. The van der Waals surface area contributed by atoms with Crippen molar-refractivity contribution in [3.63, 3.8) is 0 Å². The summed E-state index contributed by atoms with van der Waals surface area (Å²) in [6, 6.07) is 15.9. The van der Waals surface area contributed by atoms with Gasteiger partial charge in [-0.1, -0.05) is 42.5 Å². The molecule has 2 aliphatic heterocycles. The second-order valence-electron chi connectivity index (χ2n) is 9.14. The highest BCUT2D eigenvalue weighted by atomic mass is 32.2. The normalized spacial score (nSPS) is 18.0. The average Bonchev–Trinajstić information content (AvgIpc) is 2.99. The Kier molecular flexibility index (Phi) is 9.02. The minimum atomic E-state index is -0.693. The number of carbonyl (C=O) groups is 3. The number of rotatable bonds is 11. The fourth-order valence-electron chi connectivity index (χ4n) is 4.45. The van der Waals surface area contributed by atoms with E-state index in [0.29, 0.717) is 23.7 Å². The number of esters is 1. The Balaban J connectivity index is 1.28. The van der Waals surface area contributed by atoms with Crippen molar-refractivity contribution in [3.8, 4) is 5.75 Å². The van der Waals surface area contributed by atoms with Crippen molar-refractivity contribution in [3.05, 3.63) is 95.6 Å². The van der Waals surface area contributed by atoms with Gasteiger partial charge in [0.05, 0.1) is 19.7 Å². The molecule has 11 heteroatoms. The third kappa shape index (κ3) is 6.48. The number of methoxy groups -OCH3 is 1. The lowest BCUT2D eigenvalue weighted by Crippen LogP contribution is -2.70. The maximum absolute atomic E-state index is 13.4. The molecule has 2 aromatic carbocycles. The van der Waals surface area contributed by atoms with E-state index in [1.54, 1.807) is 49.6 Å². The number of hydrogen-bond acceptors (Lipinski definition) is 9. The number of carbonyl (C=O) groups excluding carboxylic acids is 3. The van der Waals surface area contributed by atoms with Gasteiger partial charge in [0.2, 0.25) is 5.91 Å². The van der Waals surface area contributed by atoms with Crippen molar-refractivity contribution in [1.82, 2.24) is 20.2 Å². The molecule has 3 aromatic rings. The summed E-state index contributed by atoms with van der Waals surface area (Å²) in [5.74, 6) is 0.821. The summed E-state index contributed by atoms with van der Waals surface area (Å²) in [6.45, 7) is 0.0606. The average molecular weight is 577 g/mol. The molecule has 0 bridgehead atoms. The Bertz CT molecular complexity index is 1390. The lowest BCUT2D eigenvalue weighted by Gasteiger charge is -2.49. The summed E-state index contributed by atoms with van der Waals surface area (Å²) in [5.41, 5.74) is 2.78. The van der Waals surface area contributed by atoms with Gasteiger partial charge in [0.25, 0.3) is 5.91 Å². The van der Waals surface area contributed by atoms with Crippen LogP contribution in [0.5, 0.6) is 5.75 Å². The van der Waals surface area contributed by atoms with Crippen molar-refractivity contribution in [2.75, 3.05) is 18.6 Å². The second-order valence-corrected chi connectivity index (χ2v) is 11.4. The molecule has 2 aliphatic rings. The Morgan fingerprint density at radius 2 is 1.90 bits per heavy atom. The number of thioether (sulfide) groups is 2. The van der Waals surface area contributed by atoms with Gasteiger partial charge in [0, 0.05) is 23.9 Å². The maximum Gasteiger partial charge on any atom is 0.355 e. The standard InChI is InChI=1S/C29H28N4O5S2/c1-37-22-9-7-20(8-10-22)17-38-29(36)26-21(11-14-39-24-16-30-12-13-31-24)18-40-28-25(27(35)33(26)28)32-23(34)15-19-5-3-2-4-6-19/h2-10,12-13,16,25,28H,11,14-15,17-18H2,1H3,(H,32,34)/t25-,28-/m1/s1. The number of fused-ring (bicyclic) bond motifs is 1. The fraction of sp³-hybridized carbons (Fsp3) is 0.276. The van der Waals surface area contributed by atoms with Crippen LogP contribution in [0.15, 0.2) is 89.5 Å². The van der Waals surface area contributed by atoms with Gasteiger partial charge in [0.1, 0.15) is 34.5 Å². The van der Waals surface area contributed by atoms with Crippen molar-refractivity contribution in [2.45, 2.75) is 35.9 Å². The topological polar surface area (TPSA) is 111 Å². The molecule has 2 atom stereocenters. The molecule has 1 saturated heterocycles. The first-order valence-corrected chi connectivity index (χ1v) is 14.8. The minimum absolute atomic E-state index is 0.0606. The highest BCUT2D eigenvalue weighted by molar-refractivity contribution is 8.00. The molecule has 0 unspecified atom stereocenters. The van der Waals surface area contributed by atoms with Crippen LogP contribution in [-0.4, -0.2) is 62.7 Å². The molecule has 1 fully saturated rings. The summed E-state index contributed by atoms with van der Waals surface area (Å²) in [7, 11) is 1.59. The van der Waals surface area contributed by atoms with E-state index in [1.807, 2.05) is 42.5 Å². The van der Waals surface area contributed by atoms with Crippen LogP contribution in [0.3, 0.4) is 0 Å². The summed E-state index contributed by atoms with van der Waals surface area (Å²) in [5, 5.41) is 3.28. The number of amides is 2. The zero-order valence-corrected chi connectivity index (χ0v) is 23.5. The molecular weight excluding hydrogens is 548 g/mol. The highest BCUT2D eigenvalue weighted by Gasteiger charge is 2.54. The fourth-order valence-corrected chi connectivity index (χ4v) is 6.66. The van der Waals surface area contributed by atoms with Gasteiger partial charge in [-0.25, -0.2) is 9.78 Å². The summed E-state index contributed by atoms with van der Waals surface area (Å²) in [4.78, 5) is 49.3. The number of β-lactam (4-membered cyclic amide) rings is 1. The van der Waals surface area contributed by atoms with Crippen LogP contribution in [0, 0.1) is 0 Å². The van der Waals surface area contributed by atoms with Crippen LogP contribution >= 0.6 is 23.5 Å². The van der Waals surface area contributed by atoms with E-state index in [-0.39, 0.29) is 35.9 Å². The summed E-state index contributed by atoms with van der Waals surface area (Å²) >= 11 is 3.07. The van der Waals surface area contributed by atoms with Crippen molar-refractivity contribution in [1.29, 1.82) is 0 Å². The molecule has 40 heavy (non-hydrogen) atoms. The smallest absolute Gasteiger partial charge is 0.355 e. The summed E-state index contributed by atoms with van der Waals surface area (Å²) < 4.78 is 10.9. The van der Waals surface area contributed by atoms with E-state index in [0.717, 1.165) is 21.7 Å². The molecule has 0 aliphatic carbocycles. The van der Waals surface area contributed by atoms with Crippen LogP contribution in [-0.2, 0) is 32.1 Å². The van der Waals surface area contributed by atoms with Crippen molar-refractivity contribution in [2.24, 2.45) is 0 Å². The maximum atomic E-state index is 13.4. The number of benzene rings is 2. The van der Waals surface area contributed by atoms with E-state index in [9.17, 15) is 14.4 Å². The van der Waals surface area contributed by atoms with Gasteiger partial charge < -0.3 is 14.8 Å². The quantitative estimate of drug-likeness (QED) is 0.208. The number of ether oxygens (including phenoxy) is 2. The first kappa shape index (κ1) is 27.7. The first-order chi connectivity index (χ1) is 19.5. The van der Waals surface area contributed by atoms with Gasteiger partial charge in [-0.3, -0.25) is 19.5 Å². The highest BCUT2D eigenvalue weighted by Crippen LogP contribution is 2.42. The Hall–Kier alpha value is -3.83. The van der Waals surface area contributed by atoms with Gasteiger partial charge >= 0.3 is 5.97 Å². The van der Waals surface area contributed by atoms with Crippen LogP contribution < -0.4 is 10.1 Å². The van der Waals surface area contributed by atoms with Crippen LogP contribution in [0.4, 0.5) is 0 Å². The van der Waals surface area contributed by atoms with Crippen molar-refractivity contribution < 1.29 is 23.9 Å². The molecule has 2 amide bonds. The number of nitrogens with zero attached hydrogens (tertiary/aromatic N) is 3. The Morgan fingerprint density at radius 1 is 1.10 bits per heavy atom. The lowest BCUT2D eigenvalue weighted by atomic mass is 10.0. The molecule has 3 heterocycles. The van der Waals surface area contributed by atoms with Crippen LogP contribution in [0.1, 0.15) is 17.5 Å². The van der Waals surface area contributed by atoms with Gasteiger partial charge in [-0.05, 0) is 35.3 Å². The predicted molar refractivity (Wildman–Crippen MR) is 152 cm³/mol. The molecule has 0 saturated carbocycles. The van der Waals surface area contributed by atoms with Gasteiger partial charge in [0.15, 0.2) is 0 Å². The molecular formula is C29H28N4O5S2. The minimum Gasteiger partial charge on any atom is -0.497 e. The molecule has 206 valence electrons. The van der Waals surface area contributed by atoms with E-state index >= 15 is 0 Å². The van der Waals surface area contributed by atoms with E-state index < -0.39 is 12.0 Å². The largest absolute Gasteiger partial charge is 0.497 e. The van der Waals surface area contributed by atoms with Crippen molar-refractivity contribution >= 4 is 41.3 Å². The van der Waals surface area contributed by atoms with E-state index in [1.165, 1.54) is 16.7 Å². The third-order valence-electron chi connectivity index (χ3n) is 6.49. The molecule has 0 radical (unpaired) electrons. The van der Waals surface area contributed by atoms with Gasteiger partial charge in [-0.15, -0.1) is 23.5 Å². The van der Waals surface area contributed by atoms with Crippen LogP contribution in [0.25, 0.3) is 0 Å². The molecule has 5 rings (SSSR count). The molecule has 1 aromatic heterocycles. The molecule has 1 N–H and O–H groups in total. The number of nitrogens with one attached hydrogen (secondary N) is 1. The Morgan fingerprint density at radius 3 is 2.62 bits per heavy atom. The second kappa shape index (κ2) is 13.0. The third-order valence-corrected chi connectivity index (χ3v) is 8.74. The number of hydrogen-bond donors (Lipinski definition) is 1. The Labute approximate surface area is 240 Å². The van der Waals surface area contributed by atoms with Gasteiger partial charge in [-0.2, -0.15) is 0 Å². The number of aromatic nitrogens is 2. The molecule has 0 spiro atoms. The molecule has 9 nitrogen and oxygen atoms in total. The van der Waals surface area contributed by atoms with Crippen LogP contribution in [0.2, 0.25) is 0 Å². The predicted octanol–water partition coefficient (Wildman–Crippen LogP) is 3.61.